The molecule has 0 heterocycles. The number of hydrogen-bond acceptors (Lipinski definition) is 1. The highest BCUT2D eigenvalue weighted by Gasteiger charge is 2.51. The number of nitrogens with two attached hydrogens (primary N) is 1. The topological polar surface area (TPSA) is 26.0 Å². The lowest BCUT2D eigenvalue weighted by molar-refractivity contribution is 0.162. The van der Waals surface area contributed by atoms with Gasteiger partial charge in [0.2, 0.25) is 0 Å². The predicted octanol–water partition coefficient (Wildman–Crippen LogP) is 2.94. The van der Waals surface area contributed by atoms with Crippen LogP contribution in [0.3, 0.4) is 0 Å². The van der Waals surface area contributed by atoms with Crippen LogP contribution >= 0.6 is 0 Å². The molecule has 72 valence electrons. The fourth-order valence-corrected chi connectivity index (χ4v) is 2.31. The zero-order valence-corrected chi connectivity index (χ0v) is 9.20. The average molecular weight is 169 g/mol. The molecule has 0 saturated heterocycles. The number of rotatable bonds is 2. The molecule has 1 saturated carbocycles. The van der Waals surface area contributed by atoms with Crippen LogP contribution in [0.15, 0.2) is 0 Å². The van der Waals surface area contributed by atoms with Crippen molar-refractivity contribution in [2.45, 2.75) is 59.4 Å². The quantitative estimate of drug-likeness (QED) is 0.675. The molecule has 0 aromatic rings. The molecule has 0 atom stereocenters. The van der Waals surface area contributed by atoms with Gasteiger partial charge in [-0.1, -0.05) is 34.6 Å². The van der Waals surface area contributed by atoms with E-state index < -0.39 is 0 Å². The van der Waals surface area contributed by atoms with Crippen LogP contribution in [0.2, 0.25) is 0 Å². The van der Waals surface area contributed by atoms with E-state index in [1.54, 1.807) is 0 Å². The van der Waals surface area contributed by atoms with Crippen molar-refractivity contribution in [3.8, 4) is 0 Å². The molecule has 1 aliphatic carbocycles. The lowest BCUT2D eigenvalue weighted by Gasteiger charge is -2.37. The molecule has 1 fully saturated rings. The molecule has 0 unspecified atom stereocenters. The van der Waals surface area contributed by atoms with Crippen LogP contribution in [0, 0.1) is 10.8 Å². The third-order valence-corrected chi connectivity index (χ3v) is 3.11. The van der Waals surface area contributed by atoms with Gasteiger partial charge in [-0.05, 0) is 30.1 Å². The van der Waals surface area contributed by atoms with E-state index in [4.69, 9.17) is 5.73 Å². The minimum absolute atomic E-state index is 0.153. The summed E-state index contributed by atoms with van der Waals surface area (Å²) in [7, 11) is 0. The Hall–Kier alpha value is -0.0400. The van der Waals surface area contributed by atoms with E-state index in [2.05, 4.69) is 34.6 Å². The highest BCUT2D eigenvalue weighted by molar-refractivity contribution is 5.09. The van der Waals surface area contributed by atoms with Crippen molar-refractivity contribution >= 4 is 0 Å². The monoisotopic (exact) mass is 169 g/mol. The van der Waals surface area contributed by atoms with Gasteiger partial charge in [0, 0.05) is 5.54 Å². The Morgan fingerprint density at radius 1 is 1.08 bits per heavy atom. The van der Waals surface area contributed by atoms with Gasteiger partial charge >= 0.3 is 0 Å². The van der Waals surface area contributed by atoms with Gasteiger partial charge in [0.1, 0.15) is 0 Å². The first-order valence-corrected chi connectivity index (χ1v) is 4.95. The second-order valence-corrected chi connectivity index (χ2v) is 6.28. The molecule has 0 aromatic carbocycles. The Kier molecular flexibility index (Phi) is 2.07. The van der Waals surface area contributed by atoms with E-state index in [0.29, 0.717) is 10.8 Å². The molecule has 0 spiro atoms. The van der Waals surface area contributed by atoms with Crippen LogP contribution < -0.4 is 5.73 Å². The highest BCUT2D eigenvalue weighted by atomic mass is 14.9. The minimum atomic E-state index is 0.153. The zero-order valence-electron chi connectivity index (χ0n) is 9.20. The maximum absolute atomic E-state index is 6.23. The van der Waals surface area contributed by atoms with Crippen LogP contribution in [0.25, 0.3) is 0 Å². The maximum Gasteiger partial charge on any atom is 0.0207 e. The van der Waals surface area contributed by atoms with Gasteiger partial charge in [-0.2, -0.15) is 0 Å². The Morgan fingerprint density at radius 2 is 1.50 bits per heavy atom. The molecule has 1 aliphatic rings. The molecule has 0 radical (unpaired) electrons. The third kappa shape index (κ3) is 2.01. The van der Waals surface area contributed by atoms with Crippen molar-refractivity contribution in [1.29, 1.82) is 0 Å². The lowest BCUT2D eigenvalue weighted by atomic mass is 9.71. The molecule has 1 nitrogen and oxygen atoms in total. The summed E-state index contributed by atoms with van der Waals surface area (Å²) in [4.78, 5) is 0. The first-order valence-electron chi connectivity index (χ1n) is 4.95. The maximum atomic E-state index is 6.23. The van der Waals surface area contributed by atoms with Gasteiger partial charge in [0.05, 0.1) is 0 Å². The molecular formula is C11H23N. The Morgan fingerprint density at radius 3 is 1.75 bits per heavy atom. The van der Waals surface area contributed by atoms with Crippen molar-refractivity contribution in [3.63, 3.8) is 0 Å². The van der Waals surface area contributed by atoms with E-state index in [9.17, 15) is 0 Å². The molecule has 1 rings (SSSR count). The van der Waals surface area contributed by atoms with E-state index in [0.717, 1.165) is 0 Å². The highest BCUT2D eigenvalue weighted by Crippen LogP contribution is 2.52. The van der Waals surface area contributed by atoms with Crippen molar-refractivity contribution in [1.82, 2.24) is 0 Å². The summed E-state index contributed by atoms with van der Waals surface area (Å²) in [5, 5.41) is 0. The Bertz CT molecular complexity index is 170. The molecule has 12 heavy (non-hydrogen) atoms. The Labute approximate surface area is 76.7 Å². The van der Waals surface area contributed by atoms with Crippen LogP contribution in [0.5, 0.6) is 0 Å². The molecule has 1 heteroatoms. The van der Waals surface area contributed by atoms with Gasteiger partial charge in [-0.15, -0.1) is 0 Å². The molecule has 0 aliphatic heterocycles. The number of hydrogen-bond donors (Lipinski definition) is 1. The van der Waals surface area contributed by atoms with Crippen LogP contribution in [0.1, 0.15) is 53.9 Å². The SMILES string of the molecule is CC(C)(C)CC(C)(C)C1(N)CC1. The largest absolute Gasteiger partial charge is 0.325 e. The van der Waals surface area contributed by atoms with Crippen LogP contribution in [0.4, 0.5) is 0 Å². The molecular weight excluding hydrogens is 146 g/mol. The van der Waals surface area contributed by atoms with Crippen LogP contribution in [-0.2, 0) is 0 Å². The molecule has 0 aromatic heterocycles. The van der Waals surface area contributed by atoms with E-state index in [1.165, 1.54) is 19.3 Å². The minimum Gasteiger partial charge on any atom is -0.325 e. The summed E-state index contributed by atoms with van der Waals surface area (Å²) in [5.41, 5.74) is 7.10. The second kappa shape index (κ2) is 2.47. The summed E-state index contributed by atoms with van der Waals surface area (Å²) in [6.07, 6.45) is 3.66. The molecule has 0 bridgehead atoms. The molecule has 0 amide bonds. The normalized spacial score (nSPS) is 22.5. The Balaban J connectivity index is 2.61. The van der Waals surface area contributed by atoms with E-state index in [-0.39, 0.29) is 5.54 Å². The van der Waals surface area contributed by atoms with Gasteiger partial charge in [0.15, 0.2) is 0 Å². The summed E-state index contributed by atoms with van der Waals surface area (Å²) >= 11 is 0. The second-order valence-electron chi connectivity index (χ2n) is 6.28. The summed E-state index contributed by atoms with van der Waals surface area (Å²) in [6.45, 7) is 11.5. The van der Waals surface area contributed by atoms with Crippen molar-refractivity contribution in [2.24, 2.45) is 16.6 Å². The fraction of sp³-hybridized carbons (Fsp3) is 1.00. The first-order chi connectivity index (χ1) is 5.16. The predicted molar refractivity (Wildman–Crippen MR) is 54.0 cm³/mol. The lowest BCUT2D eigenvalue weighted by Crippen LogP contribution is -2.42. The smallest absolute Gasteiger partial charge is 0.0207 e. The average Bonchev–Trinajstić information content (AvgIpc) is 2.40. The summed E-state index contributed by atoms with van der Waals surface area (Å²) < 4.78 is 0. The summed E-state index contributed by atoms with van der Waals surface area (Å²) in [6, 6.07) is 0. The first kappa shape index (κ1) is 10.0. The van der Waals surface area contributed by atoms with Crippen LogP contribution in [-0.4, -0.2) is 5.54 Å². The fourth-order valence-electron chi connectivity index (χ4n) is 2.31. The molecule has 2 N–H and O–H groups in total. The van der Waals surface area contributed by atoms with Gasteiger partial charge in [0.25, 0.3) is 0 Å². The van der Waals surface area contributed by atoms with Crippen molar-refractivity contribution < 1.29 is 0 Å². The van der Waals surface area contributed by atoms with Crippen molar-refractivity contribution in [2.75, 3.05) is 0 Å². The van der Waals surface area contributed by atoms with E-state index in [1.807, 2.05) is 0 Å². The van der Waals surface area contributed by atoms with Gasteiger partial charge in [-0.3, -0.25) is 0 Å². The third-order valence-electron chi connectivity index (χ3n) is 3.11. The van der Waals surface area contributed by atoms with E-state index >= 15 is 0 Å². The standard InChI is InChI=1S/C11H23N/c1-9(2,3)8-10(4,5)11(12)6-7-11/h6-8,12H2,1-5H3. The van der Waals surface area contributed by atoms with Gasteiger partial charge in [-0.25, -0.2) is 0 Å². The van der Waals surface area contributed by atoms with Gasteiger partial charge < -0.3 is 5.73 Å². The zero-order chi connectivity index (χ0) is 9.62. The summed E-state index contributed by atoms with van der Waals surface area (Å²) in [5.74, 6) is 0. The van der Waals surface area contributed by atoms with Crippen molar-refractivity contribution in [3.05, 3.63) is 0 Å².